The van der Waals surface area contributed by atoms with Crippen molar-refractivity contribution in [1.82, 2.24) is 34.8 Å². The number of piperidine rings is 1. The van der Waals surface area contributed by atoms with Crippen molar-refractivity contribution in [3.8, 4) is 11.3 Å². The normalized spacial score (nSPS) is 15.4. The van der Waals surface area contributed by atoms with Crippen LogP contribution in [0.15, 0.2) is 42.9 Å². The smallest absolute Gasteiger partial charge is 0.257 e. The van der Waals surface area contributed by atoms with Crippen LogP contribution in [0.5, 0.6) is 0 Å². The molecule has 4 aromatic rings. The molecule has 5 rings (SSSR count). The minimum atomic E-state index is 0.00987. The quantitative estimate of drug-likeness (QED) is 0.575. The fourth-order valence-electron chi connectivity index (χ4n) is 3.91. The molecule has 8 heteroatoms. The van der Waals surface area contributed by atoms with Gasteiger partial charge >= 0.3 is 0 Å². The Balaban J connectivity index is 1.31. The molecule has 8 nitrogen and oxygen atoms in total. The largest absolute Gasteiger partial charge is 0.342 e. The van der Waals surface area contributed by atoms with Gasteiger partial charge < -0.3 is 9.88 Å². The number of aryl methyl sites for hydroxylation is 1. The van der Waals surface area contributed by atoms with Crippen molar-refractivity contribution in [1.29, 1.82) is 0 Å². The molecule has 1 aliphatic heterocycles. The van der Waals surface area contributed by atoms with Crippen LogP contribution in [0.3, 0.4) is 0 Å². The maximum atomic E-state index is 13.1. The molecule has 1 amide bonds. The van der Waals surface area contributed by atoms with Crippen molar-refractivity contribution in [3.05, 3.63) is 54.2 Å². The van der Waals surface area contributed by atoms with Crippen LogP contribution in [-0.4, -0.2) is 53.8 Å². The number of aromatic amines is 2. The first-order chi connectivity index (χ1) is 13.7. The molecule has 0 radical (unpaired) electrons. The summed E-state index contributed by atoms with van der Waals surface area (Å²) in [6, 6.07) is 8.07. The number of fused-ring (bicyclic) bond motifs is 1. The lowest BCUT2D eigenvalue weighted by Gasteiger charge is -2.31. The number of hydrogen-bond donors (Lipinski definition) is 2. The van der Waals surface area contributed by atoms with Crippen LogP contribution in [0.25, 0.3) is 22.3 Å². The second-order valence-electron chi connectivity index (χ2n) is 7.27. The zero-order valence-corrected chi connectivity index (χ0v) is 15.6. The number of nitrogens with zero attached hydrogens (tertiary/aromatic N) is 5. The van der Waals surface area contributed by atoms with E-state index >= 15 is 0 Å². The van der Waals surface area contributed by atoms with Crippen molar-refractivity contribution in [2.75, 3.05) is 13.1 Å². The minimum absolute atomic E-state index is 0.00987. The number of carbonyl (C=O) groups excluding carboxylic acids is 1. The predicted molar refractivity (Wildman–Crippen MR) is 105 cm³/mol. The summed E-state index contributed by atoms with van der Waals surface area (Å²) in [6.07, 6.45) is 7.00. The van der Waals surface area contributed by atoms with Gasteiger partial charge in [0.15, 0.2) is 0 Å². The third-order valence-corrected chi connectivity index (χ3v) is 5.44. The number of H-pyrrole nitrogens is 2. The number of imidazole rings is 1. The first-order valence-corrected chi connectivity index (χ1v) is 9.45. The number of amides is 1. The van der Waals surface area contributed by atoms with Gasteiger partial charge in [-0.3, -0.25) is 14.6 Å². The number of hydrogen-bond acceptors (Lipinski definition) is 4. The summed E-state index contributed by atoms with van der Waals surface area (Å²) in [6.45, 7) is 1.41. The Hall–Kier alpha value is -3.42. The van der Waals surface area contributed by atoms with E-state index in [9.17, 15) is 4.79 Å². The Labute approximate surface area is 161 Å². The number of aromatic nitrogens is 6. The Morgan fingerprint density at radius 2 is 2.00 bits per heavy atom. The lowest BCUT2D eigenvalue weighted by Crippen LogP contribution is -2.38. The first kappa shape index (κ1) is 16.7. The first-order valence-electron chi connectivity index (χ1n) is 9.45. The van der Waals surface area contributed by atoms with Crippen molar-refractivity contribution < 1.29 is 4.79 Å². The Kier molecular flexibility index (Phi) is 3.96. The maximum absolute atomic E-state index is 13.1. The van der Waals surface area contributed by atoms with Gasteiger partial charge in [0.1, 0.15) is 5.82 Å². The summed E-state index contributed by atoms with van der Waals surface area (Å²) in [5.74, 6) is 1.38. The van der Waals surface area contributed by atoms with E-state index in [0.29, 0.717) is 24.6 Å². The highest BCUT2D eigenvalue weighted by Crippen LogP contribution is 2.29. The van der Waals surface area contributed by atoms with E-state index in [1.807, 2.05) is 42.4 Å². The molecule has 2 N–H and O–H groups in total. The molecule has 142 valence electrons. The highest BCUT2D eigenvalue weighted by atomic mass is 16.2. The SMILES string of the molecule is Cn1cc(-c2[nH]ncc2C(=O)N2CCC(c3nc4ccccc4[nH]3)CC2)cn1. The van der Waals surface area contributed by atoms with E-state index in [2.05, 4.69) is 20.3 Å². The van der Waals surface area contributed by atoms with Crippen LogP contribution in [0.1, 0.15) is 34.9 Å². The Morgan fingerprint density at radius 3 is 2.75 bits per heavy atom. The fraction of sp³-hybridized carbons (Fsp3) is 0.300. The van der Waals surface area contributed by atoms with Crippen molar-refractivity contribution in [2.24, 2.45) is 7.05 Å². The topological polar surface area (TPSA) is 95.5 Å². The van der Waals surface area contributed by atoms with E-state index in [1.54, 1.807) is 17.1 Å². The summed E-state index contributed by atoms with van der Waals surface area (Å²) in [5, 5.41) is 11.2. The van der Waals surface area contributed by atoms with Crippen LogP contribution >= 0.6 is 0 Å². The molecule has 0 atom stereocenters. The molecule has 0 aliphatic carbocycles. The third kappa shape index (κ3) is 2.87. The maximum Gasteiger partial charge on any atom is 0.257 e. The van der Waals surface area contributed by atoms with Crippen LogP contribution in [0.4, 0.5) is 0 Å². The molecule has 1 aliphatic rings. The number of nitrogens with one attached hydrogen (secondary N) is 2. The lowest BCUT2D eigenvalue weighted by atomic mass is 9.95. The molecule has 1 saturated heterocycles. The highest BCUT2D eigenvalue weighted by Gasteiger charge is 2.28. The number of rotatable bonds is 3. The fourth-order valence-corrected chi connectivity index (χ4v) is 3.91. The zero-order valence-electron chi connectivity index (χ0n) is 15.6. The van der Waals surface area contributed by atoms with E-state index < -0.39 is 0 Å². The van der Waals surface area contributed by atoms with E-state index in [-0.39, 0.29) is 5.91 Å². The van der Waals surface area contributed by atoms with E-state index in [0.717, 1.165) is 41.0 Å². The van der Waals surface area contributed by atoms with E-state index in [1.165, 1.54) is 0 Å². The molecule has 3 aromatic heterocycles. The van der Waals surface area contributed by atoms with E-state index in [4.69, 9.17) is 4.98 Å². The van der Waals surface area contributed by atoms with Crippen molar-refractivity contribution >= 4 is 16.9 Å². The Morgan fingerprint density at radius 1 is 1.18 bits per heavy atom. The van der Waals surface area contributed by atoms with Gasteiger partial charge in [0.05, 0.1) is 34.7 Å². The van der Waals surface area contributed by atoms with Gasteiger partial charge in [-0.15, -0.1) is 0 Å². The number of likely N-dealkylation sites (tertiary alicyclic amines) is 1. The number of carbonyl (C=O) groups is 1. The summed E-state index contributed by atoms with van der Waals surface area (Å²) in [4.78, 5) is 23.1. The van der Waals surface area contributed by atoms with Gasteiger partial charge in [-0.2, -0.15) is 10.2 Å². The van der Waals surface area contributed by atoms with Crippen LogP contribution in [-0.2, 0) is 7.05 Å². The standard InChI is InChI=1S/C20H21N7O/c1-26-12-14(10-22-26)18-15(11-21-25-18)20(28)27-8-6-13(7-9-27)19-23-16-4-2-3-5-17(16)24-19/h2-5,10-13H,6-9H2,1H3,(H,21,25)(H,23,24). The number of para-hydroxylation sites is 2. The average molecular weight is 375 g/mol. The lowest BCUT2D eigenvalue weighted by molar-refractivity contribution is 0.0712. The molecule has 0 spiro atoms. The second kappa shape index (κ2) is 6.63. The Bertz CT molecular complexity index is 1100. The molecule has 4 heterocycles. The van der Waals surface area contributed by atoms with Gasteiger partial charge in [-0.1, -0.05) is 12.1 Å². The molecular formula is C20H21N7O. The molecule has 28 heavy (non-hydrogen) atoms. The molecule has 0 unspecified atom stereocenters. The summed E-state index contributed by atoms with van der Waals surface area (Å²) in [7, 11) is 1.85. The number of benzene rings is 1. The molecule has 0 saturated carbocycles. The third-order valence-electron chi connectivity index (χ3n) is 5.44. The van der Waals surface area contributed by atoms with Crippen LogP contribution in [0.2, 0.25) is 0 Å². The molecule has 1 fully saturated rings. The zero-order chi connectivity index (χ0) is 19.1. The van der Waals surface area contributed by atoms with Crippen LogP contribution < -0.4 is 0 Å². The van der Waals surface area contributed by atoms with Crippen LogP contribution in [0, 0.1) is 0 Å². The van der Waals surface area contributed by atoms with Gasteiger partial charge in [-0.05, 0) is 25.0 Å². The molecule has 1 aromatic carbocycles. The monoisotopic (exact) mass is 375 g/mol. The highest BCUT2D eigenvalue weighted by molar-refractivity contribution is 5.99. The summed E-state index contributed by atoms with van der Waals surface area (Å²) in [5.41, 5.74) is 4.24. The second-order valence-corrected chi connectivity index (χ2v) is 7.27. The van der Waals surface area contributed by atoms with Gasteiger partial charge in [0.25, 0.3) is 5.91 Å². The van der Waals surface area contributed by atoms with Crippen molar-refractivity contribution in [2.45, 2.75) is 18.8 Å². The van der Waals surface area contributed by atoms with Gasteiger partial charge in [0, 0.05) is 37.8 Å². The minimum Gasteiger partial charge on any atom is -0.342 e. The van der Waals surface area contributed by atoms with Gasteiger partial charge in [0.2, 0.25) is 0 Å². The summed E-state index contributed by atoms with van der Waals surface area (Å²) < 4.78 is 1.71. The predicted octanol–water partition coefficient (Wildman–Crippen LogP) is 2.71. The van der Waals surface area contributed by atoms with Crippen molar-refractivity contribution in [3.63, 3.8) is 0 Å². The summed E-state index contributed by atoms with van der Waals surface area (Å²) >= 11 is 0. The van der Waals surface area contributed by atoms with Gasteiger partial charge in [-0.25, -0.2) is 4.98 Å². The average Bonchev–Trinajstić information content (AvgIpc) is 3.46. The molecule has 0 bridgehead atoms. The molecular weight excluding hydrogens is 354 g/mol.